The van der Waals surface area contributed by atoms with Gasteiger partial charge in [0.05, 0.1) is 7.11 Å². The van der Waals surface area contributed by atoms with E-state index < -0.39 is 5.91 Å². The zero-order valence-electron chi connectivity index (χ0n) is 13.2. The van der Waals surface area contributed by atoms with Crippen LogP contribution in [0.15, 0.2) is 54.1 Å². The van der Waals surface area contributed by atoms with E-state index in [2.05, 4.69) is 5.32 Å². The van der Waals surface area contributed by atoms with E-state index in [9.17, 15) is 10.1 Å². The number of amides is 1. The Labute approximate surface area is 136 Å². The highest BCUT2D eigenvalue weighted by Gasteiger charge is 2.11. The summed E-state index contributed by atoms with van der Waals surface area (Å²) in [6.07, 6.45) is 2.36. The van der Waals surface area contributed by atoms with Crippen LogP contribution >= 0.6 is 0 Å². The van der Waals surface area contributed by atoms with Gasteiger partial charge in [-0.25, -0.2) is 0 Å². The molecule has 0 fully saturated rings. The summed E-state index contributed by atoms with van der Waals surface area (Å²) in [7, 11) is 1.59. The van der Waals surface area contributed by atoms with Gasteiger partial charge in [0.2, 0.25) is 0 Å². The number of benzene rings is 2. The number of anilines is 1. The fourth-order valence-corrected chi connectivity index (χ4v) is 2.16. The van der Waals surface area contributed by atoms with Crippen molar-refractivity contribution in [3.8, 4) is 11.8 Å². The maximum Gasteiger partial charge on any atom is 0.266 e. The number of nitrogens with zero attached hydrogens (tertiary/aromatic N) is 1. The molecule has 2 rings (SSSR count). The summed E-state index contributed by atoms with van der Waals surface area (Å²) in [6.45, 7) is 2.02. The van der Waals surface area contributed by atoms with E-state index in [0.29, 0.717) is 0 Å². The minimum atomic E-state index is -0.413. The Morgan fingerprint density at radius 2 is 1.91 bits per heavy atom. The quantitative estimate of drug-likeness (QED) is 0.675. The number of carbonyl (C=O) groups excluding carboxylic acids is 1. The number of para-hydroxylation sites is 1. The van der Waals surface area contributed by atoms with Gasteiger partial charge in [-0.05, 0) is 41.8 Å². The van der Waals surface area contributed by atoms with Crippen molar-refractivity contribution < 1.29 is 9.53 Å². The van der Waals surface area contributed by atoms with Gasteiger partial charge in [0, 0.05) is 5.69 Å². The Morgan fingerprint density at radius 1 is 1.22 bits per heavy atom. The van der Waals surface area contributed by atoms with E-state index in [4.69, 9.17) is 4.74 Å². The number of methoxy groups -OCH3 is 1. The summed E-state index contributed by atoms with van der Waals surface area (Å²) in [5.41, 5.74) is 2.58. The van der Waals surface area contributed by atoms with E-state index in [1.54, 1.807) is 37.5 Å². The minimum absolute atomic E-state index is 0.0565. The average molecular weight is 306 g/mol. The van der Waals surface area contributed by atoms with E-state index in [1.165, 1.54) is 0 Å². The van der Waals surface area contributed by atoms with Gasteiger partial charge >= 0.3 is 0 Å². The number of hydrogen-bond donors (Lipinski definition) is 1. The predicted octanol–water partition coefficient (Wildman–Crippen LogP) is 3.80. The van der Waals surface area contributed by atoms with Crippen molar-refractivity contribution in [2.45, 2.75) is 13.3 Å². The van der Waals surface area contributed by atoms with Crippen LogP contribution in [0, 0.1) is 11.3 Å². The number of nitriles is 1. The first-order valence-electron chi connectivity index (χ1n) is 7.33. The molecule has 0 unspecified atom stereocenters. The Hall–Kier alpha value is -3.06. The van der Waals surface area contributed by atoms with Crippen molar-refractivity contribution in [1.82, 2.24) is 0 Å². The number of ether oxygens (including phenoxy) is 1. The Morgan fingerprint density at radius 3 is 2.52 bits per heavy atom. The highest BCUT2D eigenvalue weighted by molar-refractivity contribution is 6.09. The summed E-state index contributed by atoms with van der Waals surface area (Å²) < 4.78 is 5.09. The zero-order valence-corrected chi connectivity index (χ0v) is 13.2. The molecule has 23 heavy (non-hydrogen) atoms. The monoisotopic (exact) mass is 306 g/mol. The van der Waals surface area contributed by atoms with Gasteiger partial charge in [-0.15, -0.1) is 0 Å². The smallest absolute Gasteiger partial charge is 0.266 e. The molecule has 0 heterocycles. The predicted molar refractivity (Wildman–Crippen MR) is 91.0 cm³/mol. The summed E-state index contributed by atoms with van der Waals surface area (Å²) in [5, 5.41) is 12.1. The molecule has 0 bridgehead atoms. The van der Waals surface area contributed by atoms with Crippen LogP contribution in [0.2, 0.25) is 0 Å². The first kappa shape index (κ1) is 16.3. The topological polar surface area (TPSA) is 62.1 Å². The van der Waals surface area contributed by atoms with E-state index in [0.717, 1.165) is 29.0 Å². The van der Waals surface area contributed by atoms with Crippen molar-refractivity contribution in [3.63, 3.8) is 0 Å². The second-order valence-electron chi connectivity index (χ2n) is 4.91. The number of aryl methyl sites for hydroxylation is 1. The molecule has 0 radical (unpaired) electrons. The van der Waals surface area contributed by atoms with Crippen molar-refractivity contribution in [3.05, 3.63) is 65.2 Å². The standard InChI is InChI=1S/C19H18N2O2/c1-3-15-6-4-5-7-18(15)21-19(22)16(13-20)12-14-8-10-17(23-2)11-9-14/h4-12H,3H2,1-2H3,(H,21,22). The fraction of sp³-hybridized carbons (Fsp3) is 0.158. The minimum Gasteiger partial charge on any atom is -0.497 e. The summed E-state index contributed by atoms with van der Waals surface area (Å²) in [5.74, 6) is 0.311. The lowest BCUT2D eigenvalue weighted by Crippen LogP contribution is -2.14. The molecule has 0 aromatic heterocycles. The third-order valence-electron chi connectivity index (χ3n) is 3.44. The third-order valence-corrected chi connectivity index (χ3v) is 3.44. The SMILES string of the molecule is CCc1ccccc1NC(=O)C(C#N)=Cc1ccc(OC)cc1. The second kappa shape index (κ2) is 7.81. The lowest BCUT2D eigenvalue weighted by Gasteiger charge is -2.09. The van der Waals surface area contributed by atoms with Crippen LogP contribution in [0.1, 0.15) is 18.1 Å². The second-order valence-corrected chi connectivity index (χ2v) is 4.91. The summed E-state index contributed by atoms with van der Waals surface area (Å²) in [6, 6.07) is 16.7. The molecule has 0 saturated carbocycles. The van der Waals surface area contributed by atoms with Gasteiger partial charge in [0.15, 0.2) is 0 Å². The van der Waals surface area contributed by atoms with Crippen LogP contribution in [0.25, 0.3) is 6.08 Å². The molecule has 0 aliphatic rings. The van der Waals surface area contributed by atoms with Crippen LogP contribution in [-0.2, 0) is 11.2 Å². The normalized spacial score (nSPS) is 10.7. The molecule has 4 heteroatoms. The largest absolute Gasteiger partial charge is 0.497 e. The first-order valence-corrected chi connectivity index (χ1v) is 7.33. The molecule has 1 N–H and O–H groups in total. The van der Waals surface area contributed by atoms with E-state index in [-0.39, 0.29) is 5.57 Å². The number of hydrogen-bond acceptors (Lipinski definition) is 3. The summed E-state index contributed by atoms with van der Waals surface area (Å²) >= 11 is 0. The number of carbonyl (C=O) groups is 1. The van der Waals surface area contributed by atoms with E-state index >= 15 is 0 Å². The maximum absolute atomic E-state index is 12.3. The van der Waals surface area contributed by atoms with E-state index in [1.807, 2.05) is 37.3 Å². The molecule has 4 nitrogen and oxygen atoms in total. The number of rotatable bonds is 5. The first-order chi connectivity index (χ1) is 11.2. The highest BCUT2D eigenvalue weighted by atomic mass is 16.5. The van der Waals surface area contributed by atoms with Crippen LogP contribution < -0.4 is 10.1 Å². The van der Waals surface area contributed by atoms with Crippen molar-refractivity contribution in [1.29, 1.82) is 5.26 Å². The lowest BCUT2D eigenvalue weighted by molar-refractivity contribution is -0.112. The highest BCUT2D eigenvalue weighted by Crippen LogP contribution is 2.18. The molecule has 0 aliphatic carbocycles. The Balaban J connectivity index is 2.21. The zero-order chi connectivity index (χ0) is 16.7. The molecule has 1 amide bonds. The van der Waals surface area contributed by atoms with Gasteiger partial charge in [0.1, 0.15) is 17.4 Å². The number of nitrogens with one attached hydrogen (secondary N) is 1. The van der Waals surface area contributed by atoms with Crippen molar-refractivity contribution >= 4 is 17.7 Å². The molecular formula is C19H18N2O2. The van der Waals surface area contributed by atoms with Gasteiger partial charge in [-0.1, -0.05) is 37.3 Å². The van der Waals surface area contributed by atoms with Crippen LogP contribution in [0.3, 0.4) is 0 Å². The van der Waals surface area contributed by atoms with Crippen LogP contribution in [-0.4, -0.2) is 13.0 Å². The van der Waals surface area contributed by atoms with Gasteiger partial charge < -0.3 is 10.1 Å². The Bertz CT molecular complexity index is 756. The molecule has 0 spiro atoms. The molecule has 0 atom stereocenters. The van der Waals surface area contributed by atoms with Gasteiger partial charge in [0.25, 0.3) is 5.91 Å². The van der Waals surface area contributed by atoms with Crippen molar-refractivity contribution in [2.75, 3.05) is 12.4 Å². The molecule has 0 aliphatic heterocycles. The third kappa shape index (κ3) is 4.21. The molecular weight excluding hydrogens is 288 g/mol. The fourth-order valence-electron chi connectivity index (χ4n) is 2.16. The van der Waals surface area contributed by atoms with Gasteiger partial charge in [-0.2, -0.15) is 5.26 Å². The Kier molecular flexibility index (Phi) is 5.54. The molecule has 2 aromatic carbocycles. The lowest BCUT2D eigenvalue weighted by atomic mass is 10.1. The average Bonchev–Trinajstić information content (AvgIpc) is 2.60. The maximum atomic E-state index is 12.3. The van der Waals surface area contributed by atoms with Crippen LogP contribution in [0.4, 0.5) is 5.69 Å². The van der Waals surface area contributed by atoms with Gasteiger partial charge in [-0.3, -0.25) is 4.79 Å². The molecule has 116 valence electrons. The molecule has 2 aromatic rings. The summed E-state index contributed by atoms with van der Waals surface area (Å²) in [4.78, 5) is 12.3. The van der Waals surface area contributed by atoms with Crippen LogP contribution in [0.5, 0.6) is 5.75 Å². The molecule has 0 saturated heterocycles. The van der Waals surface area contributed by atoms with Crippen molar-refractivity contribution in [2.24, 2.45) is 0 Å².